The number of nitrogens with zero attached hydrogens (tertiary/aromatic N) is 2. The van der Waals surface area contributed by atoms with Gasteiger partial charge in [-0.25, -0.2) is 13.4 Å². The third-order valence-corrected chi connectivity index (χ3v) is 15.2. The third-order valence-electron chi connectivity index (χ3n) is 13.3. The molecule has 0 bridgehead atoms. The Morgan fingerprint density at radius 2 is 1.12 bits per heavy atom. The van der Waals surface area contributed by atoms with Gasteiger partial charge < -0.3 is 0 Å². The second kappa shape index (κ2) is 10.4. The Kier molecular flexibility index (Phi) is 5.70. The second-order valence-corrected chi connectivity index (χ2v) is 17.5. The molecule has 0 saturated carbocycles. The van der Waals surface area contributed by atoms with Gasteiger partial charge in [-0.2, -0.15) is 0 Å². The maximum Gasteiger partial charge on any atom is 0.210 e. The molecule has 5 heteroatoms. The molecular formula is C51H32N2O2S. The van der Waals surface area contributed by atoms with Crippen LogP contribution < -0.4 is 0 Å². The number of benzene rings is 7. The van der Waals surface area contributed by atoms with Crippen LogP contribution in [0.2, 0.25) is 0 Å². The number of hydrogen-bond acceptors (Lipinski definition) is 3. The lowest BCUT2D eigenvalue weighted by Crippen LogP contribution is -2.44. The fourth-order valence-corrected chi connectivity index (χ4v) is 13.1. The van der Waals surface area contributed by atoms with Gasteiger partial charge in [0.25, 0.3) is 0 Å². The Labute approximate surface area is 324 Å². The summed E-state index contributed by atoms with van der Waals surface area (Å²) in [7, 11) is -3.72. The maximum absolute atomic E-state index is 14.0. The Bertz CT molecular complexity index is 3240. The van der Waals surface area contributed by atoms with Gasteiger partial charge in [-0.3, -0.25) is 4.57 Å². The molecule has 1 aromatic heterocycles. The lowest BCUT2D eigenvalue weighted by Gasteiger charge is -2.49. The standard InChI is InChI=1S/C51H32N2O2S/c54-56(55)46-26-12-11-25-45(46)53-48-44(24-13-27-47(48)56)52-49(53)31-28-29-35-34-16-3-6-19-38(34)51(43(35)30-31)41-22-9-7-20-39(41)50(40-21-8-10-23-42(40)51)36-17-4-1-14-32(36)33-15-2-5-18-37(33)50/h1-4,6-17,19-30H,5,18H2. The van der Waals surface area contributed by atoms with Gasteiger partial charge in [0.2, 0.25) is 9.84 Å². The van der Waals surface area contributed by atoms with Crippen LogP contribution in [0.4, 0.5) is 0 Å². The minimum Gasteiger partial charge on any atom is -0.290 e. The van der Waals surface area contributed by atoms with Crippen molar-refractivity contribution in [3.05, 3.63) is 220 Å². The van der Waals surface area contributed by atoms with Crippen LogP contribution in [0.3, 0.4) is 0 Å². The van der Waals surface area contributed by atoms with Crippen molar-refractivity contribution in [2.24, 2.45) is 0 Å². The van der Waals surface area contributed by atoms with Crippen molar-refractivity contribution in [3.8, 4) is 28.2 Å². The average molecular weight is 737 g/mol. The third kappa shape index (κ3) is 3.36. The summed E-state index contributed by atoms with van der Waals surface area (Å²) in [5.41, 5.74) is 17.6. The molecule has 264 valence electrons. The summed E-state index contributed by atoms with van der Waals surface area (Å²) < 4.78 is 30.0. The summed E-state index contributed by atoms with van der Waals surface area (Å²) in [5.74, 6) is 0.728. The zero-order chi connectivity index (χ0) is 37.0. The predicted octanol–water partition coefficient (Wildman–Crippen LogP) is 11.0. The first-order valence-corrected chi connectivity index (χ1v) is 20.8. The Morgan fingerprint density at radius 1 is 0.536 bits per heavy atom. The lowest BCUT2D eigenvalue weighted by molar-refractivity contribution is 0.594. The van der Waals surface area contributed by atoms with Crippen LogP contribution in [-0.4, -0.2) is 18.0 Å². The summed E-state index contributed by atoms with van der Waals surface area (Å²) >= 11 is 0. The van der Waals surface area contributed by atoms with Crippen molar-refractivity contribution in [2.75, 3.05) is 0 Å². The summed E-state index contributed by atoms with van der Waals surface area (Å²) in [4.78, 5) is 5.82. The number of fused-ring (bicyclic) bond motifs is 17. The Hall–Kier alpha value is -6.56. The molecule has 56 heavy (non-hydrogen) atoms. The van der Waals surface area contributed by atoms with E-state index in [9.17, 15) is 8.42 Å². The summed E-state index contributed by atoms with van der Waals surface area (Å²) in [5, 5.41) is 0. The topological polar surface area (TPSA) is 52.0 Å². The van der Waals surface area contributed by atoms with E-state index in [0.717, 1.165) is 24.2 Å². The minimum absolute atomic E-state index is 0.293. The molecule has 2 spiro atoms. The van der Waals surface area contributed by atoms with Gasteiger partial charge >= 0.3 is 0 Å². The van der Waals surface area contributed by atoms with E-state index in [4.69, 9.17) is 4.98 Å². The molecule has 5 aliphatic rings. The molecule has 0 atom stereocenters. The summed E-state index contributed by atoms with van der Waals surface area (Å²) in [6.07, 6.45) is 6.73. The number of hydrogen-bond donors (Lipinski definition) is 0. The van der Waals surface area contributed by atoms with E-state index in [1.54, 1.807) is 24.3 Å². The number of imidazole rings is 1. The van der Waals surface area contributed by atoms with Gasteiger partial charge in [0.05, 0.1) is 37.3 Å². The summed E-state index contributed by atoms with van der Waals surface area (Å²) in [6, 6.07) is 56.0. The highest BCUT2D eigenvalue weighted by Crippen LogP contribution is 2.68. The number of rotatable bonds is 1. The molecule has 0 N–H and O–H groups in total. The molecule has 1 aliphatic heterocycles. The molecule has 0 amide bonds. The van der Waals surface area contributed by atoms with Crippen LogP contribution in [0.25, 0.3) is 44.8 Å². The van der Waals surface area contributed by atoms with Crippen LogP contribution >= 0.6 is 0 Å². The molecule has 0 radical (unpaired) electrons. The van der Waals surface area contributed by atoms with E-state index in [-0.39, 0.29) is 0 Å². The van der Waals surface area contributed by atoms with Crippen LogP contribution in [0, 0.1) is 0 Å². The molecule has 8 aromatic rings. The molecule has 7 aromatic carbocycles. The number of aromatic nitrogens is 2. The monoisotopic (exact) mass is 736 g/mol. The maximum atomic E-state index is 14.0. The van der Waals surface area contributed by atoms with Crippen molar-refractivity contribution in [2.45, 2.75) is 33.5 Å². The molecule has 2 heterocycles. The molecule has 13 rings (SSSR count). The first-order valence-electron chi connectivity index (χ1n) is 19.4. The predicted molar refractivity (Wildman–Crippen MR) is 221 cm³/mol. The van der Waals surface area contributed by atoms with Gasteiger partial charge in [-0.1, -0.05) is 140 Å². The first-order chi connectivity index (χ1) is 27.6. The highest BCUT2D eigenvalue weighted by Gasteiger charge is 2.59. The van der Waals surface area contributed by atoms with E-state index in [1.807, 2.05) is 18.2 Å². The zero-order valence-electron chi connectivity index (χ0n) is 30.2. The quantitative estimate of drug-likeness (QED) is 0.169. The molecule has 0 unspecified atom stereocenters. The fraction of sp³-hybridized carbons (Fsp3) is 0.0784. The highest BCUT2D eigenvalue weighted by atomic mass is 32.2. The van der Waals surface area contributed by atoms with E-state index in [2.05, 4.69) is 132 Å². The Balaban J connectivity index is 1.15. The van der Waals surface area contributed by atoms with Crippen LogP contribution in [0.15, 0.2) is 185 Å². The molecule has 4 nitrogen and oxygen atoms in total. The minimum atomic E-state index is -3.72. The van der Waals surface area contributed by atoms with Crippen LogP contribution in [0.5, 0.6) is 0 Å². The average Bonchev–Trinajstić information content (AvgIpc) is 3.88. The van der Waals surface area contributed by atoms with Gasteiger partial charge in [0.1, 0.15) is 5.82 Å². The van der Waals surface area contributed by atoms with E-state index < -0.39 is 20.7 Å². The van der Waals surface area contributed by atoms with Gasteiger partial charge in [-0.05, 0) is 110 Å². The largest absolute Gasteiger partial charge is 0.290 e. The SMILES string of the molecule is O=S1(=O)c2ccccc2-n2c(-c3ccc4c(c3)C3(c5ccccc5-4)c4ccccc4C4(C5=C(C=CCC5)c5ccccc54)c4ccccc43)nc3cccc1c32. The summed E-state index contributed by atoms with van der Waals surface area (Å²) in [6.45, 7) is 0. The van der Waals surface area contributed by atoms with Crippen LogP contribution in [-0.2, 0) is 20.7 Å². The van der Waals surface area contributed by atoms with Crippen molar-refractivity contribution in [3.63, 3.8) is 0 Å². The van der Waals surface area contributed by atoms with E-state index in [1.165, 1.54) is 66.8 Å². The van der Waals surface area contributed by atoms with E-state index in [0.29, 0.717) is 26.5 Å². The van der Waals surface area contributed by atoms with Crippen molar-refractivity contribution in [1.29, 1.82) is 0 Å². The lowest BCUT2D eigenvalue weighted by atomic mass is 9.51. The molecule has 0 saturated heterocycles. The highest BCUT2D eigenvalue weighted by molar-refractivity contribution is 7.92. The van der Waals surface area contributed by atoms with Crippen molar-refractivity contribution >= 4 is 26.4 Å². The number of allylic oxidation sites excluding steroid dienone is 4. The van der Waals surface area contributed by atoms with Gasteiger partial charge in [0, 0.05) is 5.56 Å². The van der Waals surface area contributed by atoms with Crippen molar-refractivity contribution < 1.29 is 8.42 Å². The zero-order valence-corrected chi connectivity index (χ0v) is 31.0. The number of sulfone groups is 1. The van der Waals surface area contributed by atoms with E-state index >= 15 is 0 Å². The first kappa shape index (κ1) is 30.7. The molecular weight excluding hydrogens is 705 g/mol. The van der Waals surface area contributed by atoms with Crippen molar-refractivity contribution in [1.82, 2.24) is 9.55 Å². The second-order valence-electron chi connectivity index (χ2n) is 15.6. The Morgan fingerprint density at radius 3 is 1.88 bits per heavy atom. The smallest absolute Gasteiger partial charge is 0.210 e. The van der Waals surface area contributed by atoms with Crippen LogP contribution in [0.1, 0.15) is 57.3 Å². The molecule has 0 fully saturated rings. The normalized spacial score (nSPS) is 21.0. The number of para-hydroxylation sites is 2. The molecule has 4 aliphatic carbocycles. The van der Waals surface area contributed by atoms with Gasteiger partial charge in [-0.15, -0.1) is 0 Å². The fourth-order valence-electron chi connectivity index (χ4n) is 11.4. The van der Waals surface area contributed by atoms with Gasteiger partial charge in [0.15, 0.2) is 0 Å².